The minimum absolute atomic E-state index is 0.0899. The fourth-order valence-electron chi connectivity index (χ4n) is 3.43. The summed E-state index contributed by atoms with van der Waals surface area (Å²) in [6, 6.07) is 14.7. The van der Waals surface area contributed by atoms with Crippen molar-refractivity contribution < 1.29 is 9.18 Å². The summed E-state index contributed by atoms with van der Waals surface area (Å²) in [5.41, 5.74) is 8.49. The molecule has 2 aromatic carbocycles. The summed E-state index contributed by atoms with van der Waals surface area (Å²) in [5, 5.41) is 2.88. The molecule has 0 bridgehead atoms. The Bertz CT molecular complexity index is 972. The van der Waals surface area contributed by atoms with E-state index >= 15 is 0 Å². The normalized spacial score (nSPS) is 18.9. The van der Waals surface area contributed by atoms with E-state index in [1.807, 2.05) is 43.3 Å². The molecule has 0 aliphatic carbocycles. The van der Waals surface area contributed by atoms with Crippen LogP contribution in [0.2, 0.25) is 0 Å². The summed E-state index contributed by atoms with van der Waals surface area (Å²) in [7, 11) is 0. The highest BCUT2D eigenvalue weighted by molar-refractivity contribution is 5.82. The van der Waals surface area contributed by atoms with Crippen LogP contribution in [0.1, 0.15) is 29.4 Å². The standard InChI is InChI=1S/C21H22FN5O/c1-14-23-9-10-27(14)20-8-7-15(11-17(20)22)13-24-21(28)19-12-18(25-26-19)16-5-3-2-4-6-16/h2-11,18-19,25-26H,12-13H2,1H3,(H,24,28). The molecule has 2 unspecified atom stereocenters. The number of halogens is 1. The average Bonchev–Trinajstić information content (AvgIpc) is 3.36. The van der Waals surface area contributed by atoms with Crippen molar-refractivity contribution in [2.24, 2.45) is 0 Å². The lowest BCUT2D eigenvalue weighted by molar-refractivity contribution is -0.123. The van der Waals surface area contributed by atoms with E-state index in [4.69, 9.17) is 0 Å². The van der Waals surface area contributed by atoms with Gasteiger partial charge in [-0.25, -0.2) is 20.2 Å². The first-order valence-electron chi connectivity index (χ1n) is 9.24. The number of hydrogen-bond acceptors (Lipinski definition) is 4. The van der Waals surface area contributed by atoms with Crippen molar-refractivity contribution in [1.29, 1.82) is 0 Å². The number of carbonyl (C=O) groups is 1. The molecule has 4 rings (SSSR count). The van der Waals surface area contributed by atoms with Crippen LogP contribution in [0.15, 0.2) is 60.9 Å². The molecule has 1 aliphatic heterocycles. The van der Waals surface area contributed by atoms with Crippen molar-refractivity contribution in [2.75, 3.05) is 0 Å². The number of hydrogen-bond donors (Lipinski definition) is 3. The second-order valence-electron chi connectivity index (χ2n) is 6.89. The molecule has 3 N–H and O–H groups in total. The third-order valence-corrected chi connectivity index (χ3v) is 4.99. The molecular weight excluding hydrogens is 357 g/mol. The number of nitrogens with zero attached hydrogens (tertiary/aromatic N) is 2. The van der Waals surface area contributed by atoms with Crippen LogP contribution in [0.4, 0.5) is 4.39 Å². The van der Waals surface area contributed by atoms with Crippen LogP contribution in [-0.4, -0.2) is 21.5 Å². The molecule has 6 nitrogen and oxygen atoms in total. The van der Waals surface area contributed by atoms with E-state index in [0.717, 1.165) is 5.56 Å². The zero-order chi connectivity index (χ0) is 19.5. The highest BCUT2D eigenvalue weighted by atomic mass is 19.1. The fourth-order valence-corrected chi connectivity index (χ4v) is 3.43. The second-order valence-corrected chi connectivity index (χ2v) is 6.89. The zero-order valence-corrected chi connectivity index (χ0v) is 15.5. The molecule has 28 heavy (non-hydrogen) atoms. The van der Waals surface area contributed by atoms with E-state index in [-0.39, 0.29) is 30.4 Å². The van der Waals surface area contributed by atoms with Gasteiger partial charge in [0.25, 0.3) is 0 Å². The number of aryl methyl sites for hydroxylation is 1. The Hall–Kier alpha value is -3.03. The van der Waals surface area contributed by atoms with Gasteiger partial charge in [0.15, 0.2) is 0 Å². The molecule has 7 heteroatoms. The largest absolute Gasteiger partial charge is 0.351 e. The van der Waals surface area contributed by atoms with Gasteiger partial charge in [-0.15, -0.1) is 0 Å². The quantitative estimate of drug-likeness (QED) is 0.637. The number of hydrazine groups is 1. The molecule has 0 saturated carbocycles. The maximum Gasteiger partial charge on any atom is 0.238 e. The lowest BCUT2D eigenvalue weighted by Gasteiger charge is -2.12. The number of imidazole rings is 1. The van der Waals surface area contributed by atoms with Gasteiger partial charge in [-0.3, -0.25) is 4.79 Å². The van der Waals surface area contributed by atoms with E-state index in [0.29, 0.717) is 23.5 Å². The molecule has 1 amide bonds. The van der Waals surface area contributed by atoms with Gasteiger partial charge in [0.2, 0.25) is 5.91 Å². The van der Waals surface area contributed by atoms with Crippen LogP contribution in [0.25, 0.3) is 5.69 Å². The molecule has 2 heterocycles. The number of carbonyl (C=O) groups excluding carboxylic acids is 1. The van der Waals surface area contributed by atoms with Crippen LogP contribution < -0.4 is 16.2 Å². The van der Waals surface area contributed by atoms with E-state index in [1.165, 1.54) is 6.07 Å². The van der Waals surface area contributed by atoms with Crippen molar-refractivity contribution in [3.05, 3.63) is 83.7 Å². The Labute approximate surface area is 162 Å². The first kappa shape index (κ1) is 18.3. The van der Waals surface area contributed by atoms with Crippen molar-refractivity contribution in [1.82, 2.24) is 25.7 Å². The van der Waals surface area contributed by atoms with Gasteiger partial charge in [-0.05, 0) is 36.6 Å². The molecule has 144 valence electrons. The molecule has 2 atom stereocenters. The van der Waals surface area contributed by atoms with Gasteiger partial charge in [0.05, 0.1) is 5.69 Å². The number of rotatable bonds is 5. The molecule has 1 aromatic heterocycles. The smallest absolute Gasteiger partial charge is 0.238 e. The first-order chi connectivity index (χ1) is 13.6. The lowest BCUT2D eigenvalue weighted by atomic mass is 10.0. The maximum atomic E-state index is 14.5. The molecule has 1 saturated heterocycles. The third-order valence-electron chi connectivity index (χ3n) is 4.99. The number of nitrogens with one attached hydrogen (secondary N) is 3. The van der Waals surface area contributed by atoms with Crippen LogP contribution in [-0.2, 0) is 11.3 Å². The summed E-state index contributed by atoms with van der Waals surface area (Å²) in [5.74, 6) is 0.256. The molecule has 0 radical (unpaired) electrons. The predicted molar refractivity (Wildman–Crippen MR) is 104 cm³/mol. The van der Waals surface area contributed by atoms with E-state index in [9.17, 15) is 9.18 Å². The lowest BCUT2D eigenvalue weighted by Crippen LogP contribution is -2.42. The van der Waals surface area contributed by atoms with Gasteiger partial charge >= 0.3 is 0 Å². The first-order valence-corrected chi connectivity index (χ1v) is 9.24. The van der Waals surface area contributed by atoms with Crippen molar-refractivity contribution >= 4 is 5.91 Å². The van der Waals surface area contributed by atoms with Gasteiger partial charge < -0.3 is 9.88 Å². The SMILES string of the molecule is Cc1nccn1-c1ccc(CNC(=O)C2CC(c3ccccc3)NN2)cc1F. The van der Waals surface area contributed by atoms with E-state index in [1.54, 1.807) is 23.0 Å². The zero-order valence-electron chi connectivity index (χ0n) is 15.5. The molecule has 0 spiro atoms. The molecule has 1 aliphatic rings. The summed E-state index contributed by atoms with van der Waals surface area (Å²) in [6.45, 7) is 2.09. The summed E-state index contributed by atoms with van der Waals surface area (Å²) in [6.07, 6.45) is 4.01. The van der Waals surface area contributed by atoms with Crippen LogP contribution in [0.3, 0.4) is 0 Å². The fraction of sp³-hybridized carbons (Fsp3) is 0.238. The maximum absolute atomic E-state index is 14.5. The third kappa shape index (κ3) is 3.81. The average molecular weight is 379 g/mol. The Morgan fingerprint density at radius 3 is 2.79 bits per heavy atom. The molecule has 1 fully saturated rings. The van der Waals surface area contributed by atoms with E-state index < -0.39 is 0 Å². The Morgan fingerprint density at radius 2 is 2.07 bits per heavy atom. The summed E-state index contributed by atoms with van der Waals surface area (Å²) in [4.78, 5) is 16.6. The summed E-state index contributed by atoms with van der Waals surface area (Å²) >= 11 is 0. The van der Waals surface area contributed by atoms with E-state index in [2.05, 4.69) is 21.2 Å². The Morgan fingerprint density at radius 1 is 1.25 bits per heavy atom. The Balaban J connectivity index is 1.35. The van der Waals surface area contributed by atoms with Crippen molar-refractivity contribution in [2.45, 2.75) is 32.0 Å². The van der Waals surface area contributed by atoms with Gasteiger partial charge in [0, 0.05) is 25.0 Å². The number of benzene rings is 2. The van der Waals surface area contributed by atoms with Crippen molar-refractivity contribution in [3.63, 3.8) is 0 Å². The van der Waals surface area contributed by atoms with Gasteiger partial charge in [-0.2, -0.15) is 0 Å². The summed E-state index contributed by atoms with van der Waals surface area (Å²) < 4.78 is 16.2. The van der Waals surface area contributed by atoms with Crippen molar-refractivity contribution in [3.8, 4) is 5.69 Å². The minimum Gasteiger partial charge on any atom is -0.351 e. The van der Waals surface area contributed by atoms with Crippen LogP contribution in [0.5, 0.6) is 0 Å². The minimum atomic E-state index is -0.349. The molecule has 3 aromatic rings. The van der Waals surface area contributed by atoms with Gasteiger partial charge in [-0.1, -0.05) is 36.4 Å². The van der Waals surface area contributed by atoms with Crippen LogP contribution >= 0.6 is 0 Å². The predicted octanol–water partition coefficient (Wildman–Crippen LogP) is 2.54. The topological polar surface area (TPSA) is 71.0 Å². The number of aromatic nitrogens is 2. The number of amides is 1. The highest BCUT2D eigenvalue weighted by Crippen LogP contribution is 2.22. The highest BCUT2D eigenvalue weighted by Gasteiger charge is 2.29. The molecular formula is C21H22FN5O. The van der Waals surface area contributed by atoms with Crippen LogP contribution in [0, 0.1) is 12.7 Å². The monoisotopic (exact) mass is 379 g/mol. The van der Waals surface area contributed by atoms with Gasteiger partial charge in [0.1, 0.15) is 17.7 Å². The Kier molecular flexibility index (Phi) is 5.18. The second kappa shape index (κ2) is 7.92.